The summed E-state index contributed by atoms with van der Waals surface area (Å²) in [5, 5.41) is 13.9. The van der Waals surface area contributed by atoms with Crippen LogP contribution in [0.5, 0.6) is 0 Å². The van der Waals surface area contributed by atoms with Gasteiger partial charge in [0.15, 0.2) is 0 Å². The number of carbonyl (C=O) groups is 1. The number of amides is 1. The van der Waals surface area contributed by atoms with Gasteiger partial charge in [0.05, 0.1) is 4.92 Å². The van der Waals surface area contributed by atoms with E-state index in [9.17, 15) is 14.9 Å². The second-order valence-corrected chi connectivity index (χ2v) is 4.16. The molecular formula is C11H15N5O3. The van der Waals surface area contributed by atoms with Crippen LogP contribution in [-0.4, -0.2) is 30.5 Å². The fourth-order valence-electron chi connectivity index (χ4n) is 2.10. The van der Waals surface area contributed by atoms with Crippen LogP contribution in [0.25, 0.3) is 0 Å². The van der Waals surface area contributed by atoms with E-state index in [-0.39, 0.29) is 17.3 Å². The molecule has 1 aromatic rings. The van der Waals surface area contributed by atoms with Gasteiger partial charge in [0.2, 0.25) is 5.91 Å². The topological polar surface area (TPSA) is 114 Å². The van der Waals surface area contributed by atoms with E-state index < -0.39 is 4.92 Å². The Morgan fingerprint density at radius 1 is 1.42 bits per heavy atom. The molecule has 4 N–H and O–H groups in total. The highest BCUT2D eigenvalue weighted by Gasteiger charge is 2.24. The summed E-state index contributed by atoms with van der Waals surface area (Å²) >= 11 is 0. The summed E-state index contributed by atoms with van der Waals surface area (Å²) in [5.41, 5.74) is 2.98. The fraction of sp³-hybridized carbons (Fsp3) is 0.364. The van der Waals surface area contributed by atoms with Crippen molar-refractivity contribution in [2.45, 2.75) is 6.42 Å². The predicted molar refractivity (Wildman–Crippen MR) is 70.7 cm³/mol. The van der Waals surface area contributed by atoms with Crippen molar-refractivity contribution in [2.24, 2.45) is 5.84 Å². The van der Waals surface area contributed by atoms with E-state index in [0.717, 1.165) is 0 Å². The van der Waals surface area contributed by atoms with E-state index in [1.165, 1.54) is 0 Å². The SMILES string of the molecule is NNc1cccc(N2CCNC(=O)CC2)c1[N+](=O)[O-]. The van der Waals surface area contributed by atoms with Crippen LogP contribution in [-0.2, 0) is 4.79 Å². The first-order valence-corrected chi connectivity index (χ1v) is 5.89. The number of nitrogens with zero attached hydrogens (tertiary/aromatic N) is 2. The summed E-state index contributed by atoms with van der Waals surface area (Å²) < 4.78 is 0. The molecule has 8 nitrogen and oxygen atoms in total. The number of anilines is 2. The minimum atomic E-state index is -0.468. The van der Waals surface area contributed by atoms with Crippen molar-refractivity contribution in [2.75, 3.05) is 30.0 Å². The molecule has 1 amide bonds. The Kier molecular flexibility index (Phi) is 3.81. The molecule has 0 atom stereocenters. The lowest BCUT2D eigenvalue weighted by Crippen LogP contribution is -2.29. The van der Waals surface area contributed by atoms with Gasteiger partial charge >= 0.3 is 5.69 Å². The molecule has 8 heteroatoms. The molecule has 2 rings (SSSR count). The van der Waals surface area contributed by atoms with Gasteiger partial charge in [-0.15, -0.1) is 0 Å². The standard InChI is InChI=1S/C11H15N5O3/c12-14-8-2-1-3-9(11(8)16(18)19)15-6-4-10(17)13-5-7-15/h1-3,14H,4-7,12H2,(H,13,17). The maximum Gasteiger partial charge on any atom is 0.316 e. The second kappa shape index (κ2) is 5.53. The first kappa shape index (κ1) is 13.1. The quantitative estimate of drug-likeness (QED) is 0.409. The Balaban J connectivity index is 2.38. The minimum Gasteiger partial charge on any atom is -0.364 e. The molecule has 1 heterocycles. The molecule has 1 fully saturated rings. The third kappa shape index (κ3) is 2.74. The van der Waals surface area contributed by atoms with Gasteiger partial charge in [0.25, 0.3) is 0 Å². The number of hydrogen-bond donors (Lipinski definition) is 3. The molecule has 102 valence electrons. The Morgan fingerprint density at radius 3 is 2.89 bits per heavy atom. The number of nitro groups is 1. The maximum absolute atomic E-state index is 11.3. The second-order valence-electron chi connectivity index (χ2n) is 4.16. The van der Waals surface area contributed by atoms with E-state index >= 15 is 0 Å². The molecule has 0 spiro atoms. The van der Waals surface area contributed by atoms with Crippen LogP contribution in [0, 0.1) is 10.1 Å². The van der Waals surface area contributed by atoms with Crippen LogP contribution in [0.15, 0.2) is 18.2 Å². The third-order valence-corrected chi connectivity index (χ3v) is 3.01. The Hall–Kier alpha value is -2.35. The van der Waals surface area contributed by atoms with E-state index in [1.807, 2.05) is 4.90 Å². The van der Waals surface area contributed by atoms with Crippen LogP contribution in [0.2, 0.25) is 0 Å². The van der Waals surface area contributed by atoms with Crippen molar-refractivity contribution < 1.29 is 9.72 Å². The maximum atomic E-state index is 11.3. The average molecular weight is 265 g/mol. The molecule has 0 bridgehead atoms. The van der Waals surface area contributed by atoms with Gasteiger partial charge in [-0.2, -0.15) is 0 Å². The number of hydrazine groups is 1. The average Bonchev–Trinajstić information content (AvgIpc) is 2.62. The van der Waals surface area contributed by atoms with Crippen molar-refractivity contribution >= 4 is 23.0 Å². The zero-order chi connectivity index (χ0) is 13.8. The van der Waals surface area contributed by atoms with E-state index in [0.29, 0.717) is 31.7 Å². The number of hydrogen-bond acceptors (Lipinski definition) is 6. The zero-order valence-electron chi connectivity index (χ0n) is 10.3. The first-order chi connectivity index (χ1) is 9.13. The minimum absolute atomic E-state index is 0.0433. The van der Waals surface area contributed by atoms with Gasteiger partial charge < -0.3 is 15.6 Å². The number of nitrogens with two attached hydrogens (primary N) is 1. The molecule has 1 saturated heterocycles. The lowest BCUT2D eigenvalue weighted by molar-refractivity contribution is -0.383. The number of rotatable bonds is 3. The van der Waals surface area contributed by atoms with Crippen molar-refractivity contribution in [1.82, 2.24) is 5.32 Å². The normalized spacial score (nSPS) is 15.6. The highest BCUT2D eigenvalue weighted by atomic mass is 16.6. The summed E-state index contributed by atoms with van der Waals surface area (Å²) in [4.78, 5) is 23.8. The third-order valence-electron chi connectivity index (χ3n) is 3.01. The lowest BCUT2D eigenvalue weighted by Gasteiger charge is -2.22. The Labute approximate surface area is 109 Å². The van der Waals surface area contributed by atoms with Crippen LogP contribution in [0.4, 0.5) is 17.1 Å². The molecular weight excluding hydrogens is 250 g/mol. The molecule has 1 aliphatic heterocycles. The summed E-state index contributed by atoms with van der Waals surface area (Å²) in [7, 11) is 0. The monoisotopic (exact) mass is 265 g/mol. The van der Waals surface area contributed by atoms with Gasteiger partial charge in [0, 0.05) is 26.1 Å². The summed E-state index contributed by atoms with van der Waals surface area (Å²) in [6.45, 7) is 1.44. The smallest absolute Gasteiger partial charge is 0.316 e. The zero-order valence-corrected chi connectivity index (χ0v) is 10.3. The fourth-order valence-corrected chi connectivity index (χ4v) is 2.10. The van der Waals surface area contributed by atoms with Crippen LogP contribution in [0.1, 0.15) is 6.42 Å². The van der Waals surface area contributed by atoms with Gasteiger partial charge in [-0.3, -0.25) is 20.8 Å². The number of para-hydroxylation sites is 1. The van der Waals surface area contributed by atoms with E-state index in [1.54, 1.807) is 18.2 Å². The number of carbonyl (C=O) groups excluding carboxylic acids is 1. The van der Waals surface area contributed by atoms with Gasteiger partial charge in [-0.1, -0.05) is 6.07 Å². The highest BCUT2D eigenvalue weighted by Crippen LogP contribution is 2.35. The van der Waals surface area contributed by atoms with Crippen molar-refractivity contribution in [3.8, 4) is 0 Å². The summed E-state index contributed by atoms with van der Waals surface area (Å²) in [5.74, 6) is 5.26. The molecule has 0 aromatic heterocycles. The molecule has 1 aromatic carbocycles. The molecule has 1 aliphatic rings. The molecule has 0 unspecified atom stereocenters. The van der Waals surface area contributed by atoms with Crippen LogP contribution >= 0.6 is 0 Å². The van der Waals surface area contributed by atoms with E-state index in [2.05, 4.69) is 10.7 Å². The first-order valence-electron chi connectivity index (χ1n) is 5.89. The predicted octanol–water partition coefficient (Wildman–Crippen LogP) is 0.207. The highest BCUT2D eigenvalue weighted by molar-refractivity contribution is 5.80. The number of benzene rings is 1. The lowest BCUT2D eigenvalue weighted by atomic mass is 10.2. The molecule has 0 aliphatic carbocycles. The largest absolute Gasteiger partial charge is 0.364 e. The van der Waals surface area contributed by atoms with Crippen LogP contribution in [0.3, 0.4) is 0 Å². The van der Waals surface area contributed by atoms with Gasteiger partial charge in [-0.25, -0.2) is 0 Å². The molecule has 0 saturated carbocycles. The molecule has 0 radical (unpaired) electrons. The van der Waals surface area contributed by atoms with Gasteiger partial charge in [0.1, 0.15) is 11.4 Å². The van der Waals surface area contributed by atoms with Crippen LogP contribution < -0.4 is 21.5 Å². The van der Waals surface area contributed by atoms with E-state index in [4.69, 9.17) is 5.84 Å². The van der Waals surface area contributed by atoms with Crippen molar-refractivity contribution in [1.29, 1.82) is 0 Å². The summed E-state index contributed by atoms with van der Waals surface area (Å²) in [6.07, 6.45) is 0.317. The Bertz CT molecular complexity index is 505. The number of nitrogens with one attached hydrogen (secondary N) is 2. The van der Waals surface area contributed by atoms with Gasteiger partial charge in [-0.05, 0) is 12.1 Å². The Morgan fingerprint density at radius 2 is 2.21 bits per heavy atom. The number of nitrogen functional groups attached to an aromatic ring is 1. The molecule has 19 heavy (non-hydrogen) atoms. The van der Waals surface area contributed by atoms with Crippen molar-refractivity contribution in [3.05, 3.63) is 28.3 Å². The van der Waals surface area contributed by atoms with Crippen molar-refractivity contribution in [3.63, 3.8) is 0 Å². The summed E-state index contributed by atoms with van der Waals surface area (Å²) in [6, 6.07) is 4.90. The number of nitro benzene ring substituents is 1.